The zero-order valence-corrected chi connectivity index (χ0v) is 13.2. The highest BCUT2D eigenvalue weighted by Crippen LogP contribution is 2.42. The van der Waals surface area contributed by atoms with Crippen molar-refractivity contribution in [1.82, 2.24) is 0 Å². The molecule has 0 radical (unpaired) electrons. The molecule has 3 rings (SSSR count). The van der Waals surface area contributed by atoms with Gasteiger partial charge in [-0.1, -0.05) is 30.3 Å². The minimum absolute atomic E-state index is 0.152. The van der Waals surface area contributed by atoms with E-state index in [9.17, 15) is 5.11 Å². The average molecular weight is 316 g/mol. The lowest BCUT2D eigenvalue weighted by molar-refractivity contribution is 0.136. The Morgan fingerprint density at radius 3 is 2.26 bits per heavy atom. The molecular weight excluding hydrogens is 296 g/mol. The number of aliphatic hydroxyl groups is 1. The zero-order valence-electron chi connectivity index (χ0n) is 13.2. The summed E-state index contributed by atoms with van der Waals surface area (Å²) in [6.07, 6.45) is -0.846. The number of hydrogen-bond donors (Lipinski definition) is 1. The lowest BCUT2D eigenvalue weighted by atomic mass is 10.1. The molecule has 2 atom stereocenters. The molecule has 1 unspecified atom stereocenters. The Bertz CT molecular complexity index is 627. The molecule has 1 aliphatic rings. The summed E-state index contributed by atoms with van der Waals surface area (Å²) in [5.41, 5.74) is 1.74. The standard InChI is InChI=1S/C18H20O5/c1-20-14-8-13(17(19)16-11-22-16)9-15(21-2)18(14)23-10-12-6-4-3-5-7-12/h3-9,16-17,19H,10-11H2,1-2H3/t16?,17-/m1/s1. The number of rotatable bonds is 7. The Hall–Kier alpha value is -2.24. The Labute approximate surface area is 135 Å². The van der Waals surface area contributed by atoms with E-state index in [0.717, 1.165) is 5.56 Å². The van der Waals surface area contributed by atoms with Gasteiger partial charge in [0.2, 0.25) is 5.75 Å². The van der Waals surface area contributed by atoms with Crippen LogP contribution in [0.3, 0.4) is 0 Å². The van der Waals surface area contributed by atoms with Gasteiger partial charge in [0.25, 0.3) is 0 Å². The van der Waals surface area contributed by atoms with Crippen LogP contribution in [0.1, 0.15) is 17.2 Å². The summed E-state index contributed by atoms with van der Waals surface area (Å²) in [6, 6.07) is 13.4. The van der Waals surface area contributed by atoms with E-state index in [1.165, 1.54) is 0 Å². The monoisotopic (exact) mass is 316 g/mol. The van der Waals surface area contributed by atoms with Crippen molar-refractivity contribution in [3.05, 3.63) is 53.6 Å². The van der Waals surface area contributed by atoms with E-state index in [2.05, 4.69) is 0 Å². The van der Waals surface area contributed by atoms with Gasteiger partial charge in [0.05, 0.1) is 20.8 Å². The first-order chi connectivity index (χ1) is 11.2. The van der Waals surface area contributed by atoms with Crippen molar-refractivity contribution in [3.8, 4) is 17.2 Å². The predicted molar refractivity (Wildman–Crippen MR) is 85.0 cm³/mol. The molecule has 1 aliphatic heterocycles. The number of benzene rings is 2. The van der Waals surface area contributed by atoms with Crippen molar-refractivity contribution in [1.29, 1.82) is 0 Å². The highest BCUT2D eigenvalue weighted by Gasteiger charge is 2.33. The minimum atomic E-state index is -0.694. The van der Waals surface area contributed by atoms with Gasteiger partial charge in [-0.05, 0) is 23.3 Å². The molecule has 0 aliphatic carbocycles. The smallest absolute Gasteiger partial charge is 0.203 e. The van der Waals surface area contributed by atoms with Crippen LogP contribution in [0.4, 0.5) is 0 Å². The van der Waals surface area contributed by atoms with Crippen LogP contribution in [0.2, 0.25) is 0 Å². The Morgan fingerprint density at radius 2 is 1.74 bits per heavy atom. The van der Waals surface area contributed by atoms with Gasteiger partial charge in [-0.25, -0.2) is 0 Å². The quantitative estimate of drug-likeness (QED) is 0.796. The highest BCUT2D eigenvalue weighted by molar-refractivity contribution is 5.54. The van der Waals surface area contributed by atoms with Crippen molar-refractivity contribution in [2.45, 2.75) is 18.8 Å². The van der Waals surface area contributed by atoms with Crippen molar-refractivity contribution in [3.63, 3.8) is 0 Å². The summed E-state index contributed by atoms with van der Waals surface area (Å²) in [5, 5.41) is 10.2. The lowest BCUT2D eigenvalue weighted by Crippen LogP contribution is -2.07. The largest absolute Gasteiger partial charge is 0.493 e. The summed E-state index contributed by atoms with van der Waals surface area (Å²) >= 11 is 0. The van der Waals surface area contributed by atoms with E-state index in [1.807, 2.05) is 30.3 Å². The normalized spacial score (nSPS) is 17.4. The van der Waals surface area contributed by atoms with Crippen LogP contribution < -0.4 is 14.2 Å². The third-order valence-corrected chi connectivity index (χ3v) is 3.76. The number of epoxide rings is 1. The number of ether oxygens (including phenoxy) is 4. The molecule has 122 valence electrons. The fourth-order valence-electron chi connectivity index (χ4n) is 2.40. The van der Waals surface area contributed by atoms with E-state index in [1.54, 1.807) is 26.4 Å². The summed E-state index contributed by atoms with van der Waals surface area (Å²) in [4.78, 5) is 0. The molecule has 0 aromatic heterocycles. The molecular formula is C18H20O5. The highest BCUT2D eigenvalue weighted by atomic mass is 16.6. The second-order valence-corrected chi connectivity index (χ2v) is 5.35. The molecule has 2 aromatic carbocycles. The van der Waals surface area contributed by atoms with Crippen LogP contribution in [0.15, 0.2) is 42.5 Å². The third-order valence-electron chi connectivity index (χ3n) is 3.76. The average Bonchev–Trinajstić information content (AvgIpc) is 3.44. The number of methoxy groups -OCH3 is 2. The Balaban J connectivity index is 1.85. The van der Waals surface area contributed by atoms with Crippen LogP contribution in [0, 0.1) is 0 Å². The van der Waals surface area contributed by atoms with Gasteiger partial charge in [-0.3, -0.25) is 0 Å². The SMILES string of the molecule is COc1cc([C@@H](O)C2CO2)cc(OC)c1OCc1ccccc1. The van der Waals surface area contributed by atoms with E-state index in [4.69, 9.17) is 18.9 Å². The molecule has 5 nitrogen and oxygen atoms in total. The fourth-order valence-corrected chi connectivity index (χ4v) is 2.40. The molecule has 1 fully saturated rings. The van der Waals surface area contributed by atoms with Crippen LogP contribution in [0.5, 0.6) is 17.2 Å². The lowest BCUT2D eigenvalue weighted by Gasteiger charge is -2.17. The maximum absolute atomic E-state index is 10.2. The van der Waals surface area contributed by atoms with E-state index in [0.29, 0.717) is 36.0 Å². The van der Waals surface area contributed by atoms with Gasteiger partial charge in [-0.2, -0.15) is 0 Å². The summed E-state index contributed by atoms with van der Waals surface area (Å²) in [7, 11) is 3.13. The first-order valence-electron chi connectivity index (χ1n) is 7.45. The molecule has 0 spiro atoms. The summed E-state index contributed by atoms with van der Waals surface area (Å²) < 4.78 is 21.8. The molecule has 1 heterocycles. The van der Waals surface area contributed by atoms with Gasteiger partial charge in [0.1, 0.15) is 18.8 Å². The Kier molecular flexibility index (Phi) is 4.69. The number of aliphatic hydroxyl groups excluding tert-OH is 1. The Morgan fingerprint density at radius 1 is 1.13 bits per heavy atom. The maximum atomic E-state index is 10.2. The van der Waals surface area contributed by atoms with Gasteiger partial charge in [0.15, 0.2) is 11.5 Å². The molecule has 23 heavy (non-hydrogen) atoms. The van der Waals surface area contributed by atoms with Gasteiger partial charge in [-0.15, -0.1) is 0 Å². The molecule has 0 bridgehead atoms. The third kappa shape index (κ3) is 3.57. The van der Waals surface area contributed by atoms with Crippen LogP contribution in [-0.2, 0) is 11.3 Å². The summed E-state index contributed by atoms with van der Waals surface area (Å²) in [5.74, 6) is 1.57. The summed E-state index contributed by atoms with van der Waals surface area (Å²) in [6.45, 7) is 0.971. The predicted octanol–water partition coefficient (Wildman–Crippen LogP) is 2.72. The molecule has 5 heteroatoms. The minimum Gasteiger partial charge on any atom is -0.493 e. The van der Waals surface area contributed by atoms with Crippen LogP contribution in [-0.4, -0.2) is 32.0 Å². The maximum Gasteiger partial charge on any atom is 0.203 e. The van der Waals surface area contributed by atoms with E-state index >= 15 is 0 Å². The first-order valence-corrected chi connectivity index (χ1v) is 7.45. The zero-order chi connectivity index (χ0) is 16.2. The van der Waals surface area contributed by atoms with Crippen LogP contribution >= 0.6 is 0 Å². The van der Waals surface area contributed by atoms with Gasteiger partial charge < -0.3 is 24.1 Å². The molecule has 0 amide bonds. The second-order valence-electron chi connectivity index (χ2n) is 5.35. The molecule has 0 saturated carbocycles. The van der Waals surface area contributed by atoms with Crippen molar-refractivity contribution in [2.24, 2.45) is 0 Å². The van der Waals surface area contributed by atoms with E-state index in [-0.39, 0.29) is 6.10 Å². The molecule has 2 aromatic rings. The first kappa shape index (κ1) is 15.6. The number of hydrogen-bond acceptors (Lipinski definition) is 5. The van der Waals surface area contributed by atoms with Crippen LogP contribution in [0.25, 0.3) is 0 Å². The van der Waals surface area contributed by atoms with Crippen molar-refractivity contribution >= 4 is 0 Å². The van der Waals surface area contributed by atoms with Gasteiger partial charge in [0, 0.05) is 0 Å². The molecule has 1 N–H and O–H groups in total. The van der Waals surface area contributed by atoms with Gasteiger partial charge >= 0.3 is 0 Å². The topological polar surface area (TPSA) is 60.5 Å². The van der Waals surface area contributed by atoms with Crippen molar-refractivity contribution < 1.29 is 24.1 Å². The molecule has 1 saturated heterocycles. The van der Waals surface area contributed by atoms with Crippen molar-refractivity contribution in [2.75, 3.05) is 20.8 Å². The fraction of sp³-hybridized carbons (Fsp3) is 0.333. The van der Waals surface area contributed by atoms with E-state index < -0.39 is 6.10 Å². The second kappa shape index (κ2) is 6.89.